The molecule has 3 rings (SSSR count). The van der Waals surface area contributed by atoms with Crippen LogP contribution in [0.25, 0.3) is 11.5 Å². The summed E-state index contributed by atoms with van der Waals surface area (Å²) in [6, 6.07) is 3.69. The van der Waals surface area contributed by atoms with Crippen LogP contribution in [0, 0.1) is 5.92 Å². The van der Waals surface area contributed by atoms with Gasteiger partial charge in [0.15, 0.2) is 5.82 Å². The normalized spacial score (nSPS) is 15.0. The van der Waals surface area contributed by atoms with Crippen molar-refractivity contribution in [1.82, 2.24) is 20.4 Å². The fourth-order valence-corrected chi connectivity index (χ4v) is 3.00. The molecule has 0 bridgehead atoms. The van der Waals surface area contributed by atoms with Crippen molar-refractivity contribution in [3.05, 3.63) is 30.4 Å². The van der Waals surface area contributed by atoms with E-state index in [0.717, 1.165) is 17.9 Å². The van der Waals surface area contributed by atoms with Gasteiger partial charge in [0.05, 0.1) is 5.56 Å². The number of hydrogen-bond acceptors (Lipinski definition) is 5. The first-order valence-electron chi connectivity index (χ1n) is 8.31. The van der Waals surface area contributed by atoms with Crippen LogP contribution in [-0.4, -0.2) is 27.6 Å². The molecule has 1 aliphatic rings. The highest BCUT2D eigenvalue weighted by Gasteiger charge is 2.16. The van der Waals surface area contributed by atoms with E-state index in [9.17, 15) is 4.79 Å². The number of pyridine rings is 1. The van der Waals surface area contributed by atoms with Crippen molar-refractivity contribution in [3.8, 4) is 11.5 Å². The van der Waals surface area contributed by atoms with Crippen LogP contribution in [0.2, 0.25) is 0 Å². The van der Waals surface area contributed by atoms with Gasteiger partial charge in [0.2, 0.25) is 5.91 Å². The molecule has 1 N–H and O–H groups in total. The predicted molar refractivity (Wildman–Crippen MR) is 85.4 cm³/mol. The Hall–Kier alpha value is -2.24. The van der Waals surface area contributed by atoms with Gasteiger partial charge in [0.25, 0.3) is 5.89 Å². The Balaban J connectivity index is 1.39. The average molecular weight is 314 g/mol. The Kier molecular flexibility index (Phi) is 5.34. The van der Waals surface area contributed by atoms with E-state index in [-0.39, 0.29) is 5.91 Å². The van der Waals surface area contributed by atoms with Crippen molar-refractivity contribution < 1.29 is 9.32 Å². The van der Waals surface area contributed by atoms with E-state index in [0.29, 0.717) is 31.1 Å². The van der Waals surface area contributed by atoms with Gasteiger partial charge < -0.3 is 9.84 Å². The lowest BCUT2D eigenvalue weighted by atomic mass is 10.0. The fraction of sp³-hybridized carbons (Fsp3) is 0.529. The summed E-state index contributed by atoms with van der Waals surface area (Å²) in [5.74, 6) is 1.92. The first kappa shape index (κ1) is 15.6. The number of rotatable bonds is 7. The molecule has 2 aromatic rings. The molecule has 2 heterocycles. The van der Waals surface area contributed by atoms with Crippen LogP contribution in [0.3, 0.4) is 0 Å². The van der Waals surface area contributed by atoms with Gasteiger partial charge in [-0.15, -0.1) is 0 Å². The lowest BCUT2D eigenvalue weighted by molar-refractivity contribution is -0.121. The number of amides is 1. The van der Waals surface area contributed by atoms with Crippen LogP contribution in [0.1, 0.15) is 44.3 Å². The van der Waals surface area contributed by atoms with Crippen molar-refractivity contribution in [2.24, 2.45) is 5.92 Å². The molecule has 23 heavy (non-hydrogen) atoms. The van der Waals surface area contributed by atoms with Gasteiger partial charge in [0, 0.05) is 31.8 Å². The van der Waals surface area contributed by atoms with E-state index in [4.69, 9.17) is 4.52 Å². The highest BCUT2D eigenvalue weighted by atomic mass is 16.5. The quantitative estimate of drug-likeness (QED) is 0.850. The third-order valence-electron chi connectivity index (χ3n) is 4.30. The molecule has 1 fully saturated rings. The summed E-state index contributed by atoms with van der Waals surface area (Å²) in [6.45, 7) is 0.537. The molecular formula is C17H22N4O2. The third kappa shape index (κ3) is 4.61. The molecule has 0 aromatic carbocycles. The van der Waals surface area contributed by atoms with Crippen LogP contribution < -0.4 is 5.32 Å². The predicted octanol–water partition coefficient (Wildman–Crippen LogP) is 2.76. The van der Waals surface area contributed by atoms with Crippen LogP contribution >= 0.6 is 0 Å². The lowest BCUT2D eigenvalue weighted by Crippen LogP contribution is -2.26. The van der Waals surface area contributed by atoms with Gasteiger partial charge in [-0.2, -0.15) is 4.98 Å². The van der Waals surface area contributed by atoms with E-state index < -0.39 is 0 Å². The van der Waals surface area contributed by atoms with Crippen molar-refractivity contribution in [1.29, 1.82) is 0 Å². The Morgan fingerprint density at radius 3 is 3.00 bits per heavy atom. The number of carbonyl (C=O) groups is 1. The average Bonchev–Trinajstić information content (AvgIpc) is 3.26. The highest BCUT2D eigenvalue weighted by molar-refractivity contribution is 5.75. The van der Waals surface area contributed by atoms with E-state index in [1.807, 2.05) is 12.1 Å². The largest absolute Gasteiger partial charge is 0.356 e. The van der Waals surface area contributed by atoms with Gasteiger partial charge in [-0.1, -0.05) is 30.8 Å². The van der Waals surface area contributed by atoms with Crippen molar-refractivity contribution >= 4 is 5.91 Å². The topological polar surface area (TPSA) is 80.9 Å². The van der Waals surface area contributed by atoms with Gasteiger partial charge in [0.1, 0.15) is 0 Å². The maximum absolute atomic E-state index is 11.8. The molecule has 0 unspecified atom stereocenters. The van der Waals surface area contributed by atoms with Crippen LogP contribution in [0.4, 0.5) is 0 Å². The molecule has 6 nitrogen and oxygen atoms in total. The molecular weight excluding hydrogens is 292 g/mol. The third-order valence-corrected chi connectivity index (χ3v) is 4.30. The molecule has 1 amide bonds. The smallest absolute Gasteiger partial charge is 0.259 e. The van der Waals surface area contributed by atoms with Crippen molar-refractivity contribution in [2.75, 3.05) is 6.54 Å². The first-order valence-corrected chi connectivity index (χ1v) is 8.31. The van der Waals surface area contributed by atoms with Gasteiger partial charge in [-0.25, -0.2) is 0 Å². The molecule has 122 valence electrons. The summed E-state index contributed by atoms with van der Waals surface area (Å²) in [5.41, 5.74) is 0.798. The monoisotopic (exact) mass is 314 g/mol. The number of carbonyl (C=O) groups excluding carboxylic acids is 1. The minimum Gasteiger partial charge on any atom is -0.356 e. The molecule has 2 aromatic heterocycles. The SMILES string of the molecule is O=C(CCC1CCCC1)NCCc1noc(-c2cccnc2)n1. The molecule has 0 saturated heterocycles. The van der Waals surface area contributed by atoms with Gasteiger partial charge in [-0.05, 0) is 24.5 Å². The Labute approximate surface area is 135 Å². The number of nitrogens with zero attached hydrogens (tertiary/aromatic N) is 3. The second-order valence-electron chi connectivity index (χ2n) is 6.05. The number of aromatic nitrogens is 3. The summed E-state index contributed by atoms with van der Waals surface area (Å²) in [7, 11) is 0. The Morgan fingerprint density at radius 1 is 1.35 bits per heavy atom. The zero-order valence-corrected chi connectivity index (χ0v) is 13.2. The number of hydrogen-bond donors (Lipinski definition) is 1. The Morgan fingerprint density at radius 2 is 2.22 bits per heavy atom. The maximum atomic E-state index is 11.8. The van der Waals surface area contributed by atoms with Crippen LogP contribution in [-0.2, 0) is 11.2 Å². The Bertz CT molecular complexity index is 621. The summed E-state index contributed by atoms with van der Waals surface area (Å²) in [4.78, 5) is 20.2. The standard InChI is InChI=1S/C17H22N4O2/c22-16(8-7-13-4-1-2-5-13)19-11-9-15-20-17(23-21-15)14-6-3-10-18-12-14/h3,6,10,12-13H,1-2,4-5,7-9,11H2,(H,19,22). The zero-order chi connectivity index (χ0) is 15.9. The molecule has 0 spiro atoms. The number of nitrogens with one attached hydrogen (secondary N) is 1. The molecule has 1 saturated carbocycles. The van der Waals surface area contributed by atoms with E-state index >= 15 is 0 Å². The lowest BCUT2D eigenvalue weighted by Gasteiger charge is -2.08. The van der Waals surface area contributed by atoms with E-state index in [1.165, 1.54) is 25.7 Å². The molecule has 6 heteroatoms. The zero-order valence-electron chi connectivity index (χ0n) is 13.2. The van der Waals surface area contributed by atoms with Crippen molar-refractivity contribution in [2.45, 2.75) is 44.9 Å². The van der Waals surface area contributed by atoms with Crippen molar-refractivity contribution in [3.63, 3.8) is 0 Å². The van der Waals surface area contributed by atoms with Gasteiger partial charge >= 0.3 is 0 Å². The molecule has 0 radical (unpaired) electrons. The first-order chi connectivity index (χ1) is 11.3. The minimum atomic E-state index is 0.118. The minimum absolute atomic E-state index is 0.118. The maximum Gasteiger partial charge on any atom is 0.259 e. The highest BCUT2D eigenvalue weighted by Crippen LogP contribution is 2.28. The molecule has 1 aliphatic carbocycles. The van der Waals surface area contributed by atoms with E-state index in [1.54, 1.807) is 12.4 Å². The van der Waals surface area contributed by atoms with Crippen LogP contribution in [0.15, 0.2) is 29.0 Å². The van der Waals surface area contributed by atoms with E-state index in [2.05, 4.69) is 20.4 Å². The second-order valence-corrected chi connectivity index (χ2v) is 6.05. The summed E-state index contributed by atoms with van der Waals surface area (Å²) >= 11 is 0. The summed E-state index contributed by atoms with van der Waals surface area (Å²) in [5, 5.41) is 6.86. The summed E-state index contributed by atoms with van der Waals surface area (Å²) in [6.07, 6.45) is 10.8. The van der Waals surface area contributed by atoms with Crippen LogP contribution in [0.5, 0.6) is 0 Å². The van der Waals surface area contributed by atoms with Gasteiger partial charge in [-0.3, -0.25) is 9.78 Å². The summed E-state index contributed by atoms with van der Waals surface area (Å²) < 4.78 is 5.21. The molecule has 0 aliphatic heterocycles. The second kappa shape index (κ2) is 7.85. The fourth-order valence-electron chi connectivity index (χ4n) is 3.00. The molecule has 0 atom stereocenters.